The standard InChI is InChI=1S/C14H22Si/c1-5-6-7-8-13-9-11-14(12-10-13)15(2,3)4/h7-12H,5-6H2,1-4H3/b8-7-. The Kier molecular flexibility index (Phi) is 4.34. The van der Waals surface area contributed by atoms with Gasteiger partial charge in [0.2, 0.25) is 0 Å². The van der Waals surface area contributed by atoms with Crippen molar-refractivity contribution >= 4 is 19.3 Å². The molecule has 0 saturated heterocycles. The minimum Gasteiger partial charge on any atom is -0.0840 e. The molecule has 0 nitrogen and oxygen atoms in total. The number of benzene rings is 1. The van der Waals surface area contributed by atoms with Crippen LogP contribution in [-0.4, -0.2) is 8.07 Å². The molecule has 0 spiro atoms. The number of hydrogen-bond acceptors (Lipinski definition) is 0. The van der Waals surface area contributed by atoms with Gasteiger partial charge in [-0.15, -0.1) is 0 Å². The van der Waals surface area contributed by atoms with Gasteiger partial charge in [0.05, 0.1) is 8.07 Å². The number of allylic oxidation sites excluding steroid dienone is 1. The van der Waals surface area contributed by atoms with Crippen LogP contribution in [0.3, 0.4) is 0 Å². The maximum Gasteiger partial charge on any atom is 0.0775 e. The van der Waals surface area contributed by atoms with Crippen molar-refractivity contribution in [1.29, 1.82) is 0 Å². The second-order valence-corrected chi connectivity index (χ2v) is 10.1. The summed E-state index contributed by atoms with van der Waals surface area (Å²) in [6.45, 7) is 9.36. The van der Waals surface area contributed by atoms with Crippen LogP contribution in [-0.2, 0) is 0 Å². The molecular weight excluding hydrogens is 196 g/mol. The number of rotatable bonds is 4. The third kappa shape index (κ3) is 4.04. The van der Waals surface area contributed by atoms with Gasteiger partial charge in [-0.2, -0.15) is 0 Å². The van der Waals surface area contributed by atoms with Gasteiger partial charge in [-0.3, -0.25) is 0 Å². The zero-order chi connectivity index (χ0) is 11.3. The summed E-state index contributed by atoms with van der Waals surface area (Å²) in [5.41, 5.74) is 1.32. The van der Waals surface area contributed by atoms with Crippen LogP contribution >= 0.6 is 0 Å². The quantitative estimate of drug-likeness (QED) is 0.669. The zero-order valence-corrected chi connectivity index (χ0v) is 11.4. The van der Waals surface area contributed by atoms with Crippen LogP contribution in [0.1, 0.15) is 25.3 Å². The lowest BCUT2D eigenvalue weighted by molar-refractivity contribution is 0.962. The Hall–Kier alpha value is -0.823. The molecule has 0 aliphatic heterocycles. The van der Waals surface area contributed by atoms with E-state index in [1.165, 1.54) is 23.6 Å². The third-order valence-corrected chi connectivity index (χ3v) is 4.61. The second-order valence-electron chi connectivity index (χ2n) is 5.06. The molecular formula is C14H22Si. The fourth-order valence-corrected chi connectivity index (χ4v) is 2.65. The van der Waals surface area contributed by atoms with Crippen LogP contribution in [0.5, 0.6) is 0 Å². The minimum atomic E-state index is -1.12. The first-order chi connectivity index (χ1) is 7.04. The highest BCUT2D eigenvalue weighted by molar-refractivity contribution is 6.88. The topological polar surface area (TPSA) is 0 Å². The molecule has 0 heterocycles. The molecule has 0 aromatic heterocycles. The summed E-state index contributed by atoms with van der Waals surface area (Å²) < 4.78 is 0. The Labute approximate surface area is 95.0 Å². The third-order valence-electron chi connectivity index (χ3n) is 2.54. The molecule has 0 bridgehead atoms. The van der Waals surface area contributed by atoms with E-state index in [2.05, 4.69) is 63.0 Å². The second kappa shape index (κ2) is 5.31. The minimum absolute atomic E-state index is 1.12. The molecule has 1 aromatic rings. The van der Waals surface area contributed by atoms with Crippen LogP contribution in [0.15, 0.2) is 30.3 Å². The summed E-state index contributed by atoms with van der Waals surface area (Å²) in [6.07, 6.45) is 6.88. The van der Waals surface area contributed by atoms with Gasteiger partial charge in [-0.25, -0.2) is 0 Å². The maximum atomic E-state index is 2.38. The SMILES string of the molecule is CCC/C=C\c1ccc([Si](C)(C)C)cc1. The molecule has 15 heavy (non-hydrogen) atoms. The van der Waals surface area contributed by atoms with Gasteiger partial charge in [0, 0.05) is 0 Å². The van der Waals surface area contributed by atoms with E-state index in [-0.39, 0.29) is 0 Å². The molecule has 1 aromatic carbocycles. The zero-order valence-electron chi connectivity index (χ0n) is 10.4. The van der Waals surface area contributed by atoms with Crippen LogP contribution < -0.4 is 5.19 Å². The van der Waals surface area contributed by atoms with E-state index >= 15 is 0 Å². The predicted molar refractivity (Wildman–Crippen MR) is 73.4 cm³/mol. The molecule has 0 fully saturated rings. The van der Waals surface area contributed by atoms with Crippen molar-refractivity contribution in [2.75, 3.05) is 0 Å². The van der Waals surface area contributed by atoms with Crippen molar-refractivity contribution in [3.05, 3.63) is 35.9 Å². The Morgan fingerprint density at radius 3 is 2.13 bits per heavy atom. The molecule has 82 valence electrons. The summed E-state index contributed by atoms with van der Waals surface area (Å²) in [5, 5.41) is 1.54. The van der Waals surface area contributed by atoms with E-state index in [0.717, 1.165) is 0 Å². The first-order valence-corrected chi connectivity index (χ1v) is 9.31. The normalized spacial score (nSPS) is 12.3. The van der Waals surface area contributed by atoms with Crippen LogP contribution in [0.2, 0.25) is 19.6 Å². The molecule has 0 saturated carbocycles. The fourth-order valence-electron chi connectivity index (χ4n) is 1.48. The van der Waals surface area contributed by atoms with Crippen LogP contribution in [0.4, 0.5) is 0 Å². The summed E-state index contributed by atoms with van der Waals surface area (Å²) in [5.74, 6) is 0. The Morgan fingerprint density at radius 1 is 1.07 bits per heavy atom. The smallest absolute Gasteiger partial charge is 0.0775 e. The summed E-state index contributed by atoms with van der Waals surface area (Å²) in [6, 6.07) is 9.05. The van der Waals surface area contributed by atoms with E-state index in [9.17, 15) is 0 Å². The number of unbranched alkanes of at least 4 members (excludes halogenated alkanes) is 1. The van der Waals surface area contributed by atoms with Crippen LogP contribution in [0.25, 0.3) is 6.08 Å². The Morgan fingerprint density at radius 2 is 1.67 bits per heavy atom. The fraction of sp³-hybridized carbons (Fsp3) is 0.429. The summed E-state index contributed by atoms with van der Waals surface area (Å²) in [7, 11) is -1.12. The summed E-state index contributed by atoms with van der Waals surface area (Å²) in [4.78, 5) is 0. The Bertz CT molecular complexity index is 314. The van der Waals surface area contributed by atoms with E-state index < -0.39 is 8.07 Å². The van der Waals surface area contributed by atoms with Crippen molar-refractivity contribution < 1.29 is 0 Å². The molecule has 0 amide bonds. The molecule has 0 N–H and O–H groups in total. The highest BCUT2D eigenvalue weighted by Crippen LogP contribution is 2.06. The van der Waals surface area contributed by atoms with Gasteiger partial charge in [-0.05, 0) is 12.0 Å². The molecule has 0 aliphatic carbocycles. The van der Waals surface area contributed by atoms with Gasteiger partial charge >= 0.3 is 0 Å². The molecule has 1 rings (SSSR count). The molecule has 0 aliphatic rings. The van der Waals surface area contributed by atoms with E-state index in [4.69, 9.17) is 0 Å². The van der Waals surface area contributed by atoms with Crippen molar-refractivity contribution in [2.45, 2.75) is 39.4 Å². The van der Waals surface area contributed by atoms with Crippen molar-refractivity contribution in [2.24, 2.45) is 0 Å². The molecule has 0 radical (unpaired) electrons. The lowest BCUT2D eigenvalue weighted by atomic mass is 10.2. The van der Waals surface area contributed by atoms with E-state index in [1.807, 2.05) is 0 Å². The van der Waals surface area contributed by atoms with Gasteiger partial charge in [0.15, 0.2) is 0 Å². The first kappa shape index (κ1) is 12.2. The monoisotopic (exact) mass is 218 g/mol. The highest BCUT2D eigenvalue weighted by Gasteiger charge is 2.15. The van der Waals surface area contributed by atoms with E-state index in [0.29, 0.717) is 0 Å². The van der Waals surface area contributed by atoms with Crippen LogP contribution in [0, 0.1) is 0 Å². The maximum absolute atomic E-state index is 2.38. The van der Waals surface area contributed by atoms with Gasteiger partial charge in [0.1, 0.15) is 0 Å². The first-order valence-electron chi connectivity index (χ1n) is 5.81. The van der Waals surface area contributed by atoms with Crippen molar-refractivity contribution in [1.82, 2.24) is 0 Å². The van der Waals surface area contributed by atoms with Gasteiger partial charge in [-0.1, -0.05) is 74.6 Å². The highest BCUT2D eigenvalue weighted by atomic mass is 28.3. The van der Waals surface area contributed by atoms with Gasteiger partial charge < -0.3 is 0 Å². The summed E-state index contributed by atoms with van der Waals surface area (Å²) >= 11 is 0. The van der Waals surface area contributed by atoms with Crippen molar-refractivity contribution in [3.8, 4) is 0 Å². The number of hydrogen-bond donors (Lipinski definition) is 0. The van der Waals surface area contributed by atoms with E-state index in [1.54, 1.807) is 0 Å². The average molecular weight is 218 g/mol. The van der Waals surface area contributed by atoms with Crippen molar-refractivity contribution in [3.63, 3.8) is 0 Å². The molecule has 0 atom stereocenters. The molecule has 0 unspecified atom stereocenters. The molecule has 1 heteroatoms. The Balaban J connectivity index is 2.73. The predicted octanol–water partition coefficient (Wildman–Crippen LogP) is 4.05. The lowest BCUT2D eigenvalue weighted by Crippen LogP contribution is -2.37. The largest absolute Gasteiger partial charge is 0.0840 e. The average Bonchev–Trinajstić information content (AvgIpc) is 2.18. The van der Waals surface area contributed by atoms with Gasteiger partial charge in [0.25, 0.3) is 0 Å². The lowest BCUT2D eigenvalue weighted by Gasteiger charge is -2.16.